The van der Waals surface area contributed by atoms with Gasteiger partial charge in [0.2, 0.25) is 0 Å². The fourth-order valence-corrected chi connectivity index (χ4v) is 8.24. The van der Waals surface area contributed by atoms with E-state index >= 15 is 0 Å². The molecule has 0 aliphatic rings. The van der Waals surface area contributed by atoms with E-state index in [1.807, 2.05) is 0 Å². The average Bonchev–Trinajstić information content (AvgIpc) is 2.75. The summed E-state index contributed by atoms with van der Waals surface area (Å²) in [5.41, 5.74) is 0. The lowest BCUT2D eigenvalue weighted by atomic mass is 10.1. The van der Waals surface area contributed by atoms with Crippen LogP contribution in [0.4, 0.5) is 0 Å². The number of hydrogen-bond donors (Lipinski definition) is 0. The lowest BCUT2D eigenvalue weighted by molar-refractivity contribution is 0.563. The monoisotopic (exact) mass is 460 g/mol. The molecule has 0 fully saturated rings. The van der Waals surface area contributed by atoms with Gasteiger partial charge in [0.1, 0.15) is 11.5 Å². The highest BCUT2D eigenvalue weighted by Crippen LogP contribution is 2.13. The maximum atomic E-state index is 2.53. The van der Waals surface area contributed by atoms with Gasteiger partial charge in [0.25, 0.3) is 0 Å². The van der Waals surface area contributed by atoms with Crippen molar-refractivity contribution in [2.75, 3.05) is 35.5 Å². The summed E-state index contributed by atoms with van der Waals surface area (Å²) in [6.07, 6.45) is 34.4. The van der Waals surface area contributed by atoms with Crippen LogP contribution in [0.15, 0.2) is 0 Å². The normalized spacial score (nSPS) is 13.6. The Balaban J connectivity index is 3.28. The zero-order valence-corrected chi connectivity index (χ0v) is 23.4. The van der Waals surface area contributed by atoms with Crippen LogP contribution in [0.25, 0.3) is 0 Å². The largest absolute Gasteiger partial charge is 0.152 e. The minimum Gasteiger partial charge on any atom is -0.0654 e. The molecule has 0 bridgehead atoms. The highest BCUT2D eigenvalue weighted by molar-refractivity contribution is 7.99. The molecule has 2 atom stereocenters. The van der Waals surface area contributed by atoms with E-state index in [0.717, 1.165) is 0 Å². The van der Waals surface area contributed by atoms with Crippen LogP contribution in [0.1, 0.15) is 142 Å². The molecule has 0 spiro atoms. The number of hydrogen-bond acceptors (Lipinski definition) is 0. The van der Waals surface area contributed by atoms with Crippen molar-refractivity contribution in [3.8, 4) is 0 Å². The summed E-state index contributed by atoms with van der Waals surface area (Å²) < 4.78 is 0. The van der Waals surface area contributed by atoms with Crippen LogP contribution in [0, 0.1) is 0 Å². The highest BCUT2D eigenvalue weighted by atomic mass is 32.2. The van der Waals surface area contributed by atoms with E-state index < -0.39 is 0 Å². The third-order valence-electron chi connectivity index (χ3n) is 6.47. The van der Waals surface area contributed by atoms with Crippen LogP contribution in [0.3, 0.4) is 0 Å². The van der Waals surface area contributed by atoms with Gasteiger partial charge in [-0.3, -0.25) is 0 Å². The first kappa shape index (κ1) is 30.7. The molecule has 0 aliphatic heterocycles. The Morgan fingerprint density at radius 3 is 0.800 bits per heavy atom. The van der Waals surface area contributed by atoms with Crippen LogP contribution < -0.4 is 0 Å². The first-order chi connectivity index (χ1) is 14.7. The molecule has 0 nitrogen and oxygen atoms in total. The molecule has 0 saturated heterocycles. The van der Waals surface area contributed by atoms with E-state index in [4.69, 9.17) is 0 Å². The highest BCUT2D eigenvalue weighted by Gasteiger charge is 2.18. The molecule has 0 aromatic carbocycles. The summed E-state index contributed by atoms with van der Waals surface area (Å²) in [5, 5.41) is 0. The van der Waals surface area contributed by atoms with Crippen LogP contribution in [0.2, 0.25) is 0 Å². The fourth-order valence-electron chi connectivity index (χ4n) is 4.16. The van der Waals surface area contributed by atoms with Crippen molar-refractivity contribution < 1.29 is 0 Å². The van der Waals surface area contributed by atoms with E-state index in [9.17, 15) is 0 Å². The molecule has 30 heavy (non-hydrogen) atoms. The number of unbranched alkanes of at least 4 members (excludes halogenated alkanes) is 18. The van der Waals surface area contributed by atoms with Gasteiger partial charge < -0.3 is 0 Å². The smallest absolute Gasteiger partial charge is 0.0654 e. The summed E-state index contributed by atoms with van der Waals surface area (Å²) in [4.78, 5) is 0. The van der Waals surface area contributed by atoms with Crippen molar-refractivity contribution in [2.24, 2.45) is 0 Å². The summed E-state index contributed by atoms with van der Waals surface area (Å²) in [7, 11) is 1.38. The molecule has 2 unspecified atom stereocenters. The van der Waals surface area contributed by atoms with Gasteiger partial charge in [0.15, 0.2) is 11.5 Å². The van der Waals surface area contributed by atoms with Crippen LogP contribution in [-0.2, 0) is 21.8 Å². The van der Waals surface area contributed by atoms with Gasteiger partial charge in [0.05, 0.1) is 12.5 Å². The SMILES string of the molecule is CCCCCCCCCCCC[S+](C)CC[S+](C)CCCCCCCCCCCC. The second-order valence-corrected chi connectivity index (χ2v) is 14.5. The second-order valence-electron chi connectivity index (χ2n) is 9.74. The molecule has 2 heteroatoms. The summed E-state index contributed by atoms with van der Waals surface area (Å²) in [6, 6.07) is 0. The van der Waals surface area contributed by atoms with Gasteiger partial charge in [-0.1, -0.05) is 117 Å². The molecule has 0 aromatic heterocycles. The van der Waals surface area contributed by atoms with E-state index in [1.165, 1.54) is 151 Å². The maximum absolute atomic E-state index is 2.53. The minimum atomic E-state index is 0.688. The fraction of sp³-hybridized carbons (Fsp3) is 1.00. The topological polar surface area (TPSA) is 0 Å². The van der Waals surface area contributed by atoms with Crippen molar-refractivity contribution in [1.82, 2.24) is 0 Å². The van der Waals surface area contributed by atoms with E-state index in [1.54, 1.807) is 0 Å². The van der Waals surface area contributed by atoms with Gasteiger partial charge in [-0.15, -0.1) is 0 Å². The van der Waals surface area contributed by atoms with Gasteiger partial charge in [-0.25, -0.2) is 0 Å². The van der Waals surface area contributed by atoms with Crippen molar-refractivity contribution in [3.63, 3.8) is 0 Å². The van der Waals surface area contributed by atoms with E-state index in [0.29, 0.717) is 21.8 Å². The van der Waals surface area contributed by atoms with E-state index in [2.05, 4.69) is 26.4 Å². The Kier molecular flexibility index (Phi) is 26.6. The molecular formula is C28H60S2+2. The summed E-state index contributed by atoms with van der Waals surface area (Å²) >= 11 is 0. The first-order valence-corrected chi connectivity index (χ1v) is 17.8. The van der Waals surface area contributed by atoms with Crippen LogP contribution in [-0.4, -0.2) is 35.5 Å². The Morgan fingerprint density at radius 2 is 0.533 bits per heavy atom. The van der Waals surface area contributed by atoms with Gasteiger partial charge in [-0.05, 0) is 47.5 Å². The Bertz CT molecular complexity index is 275. The average molecular weight is 461 g/mol. The molecule has 0 aromatic rings. The Hall–Kier alpha value is 0.700. The molecule has 0 heterocycles. The molecular weight excluding hydrogens is 400 g/mol. The van der Waals surface area contributed by atoms with Crippen molar-refractivity contribution in [1.29, 1.82) is 0 Å². The second kappa shape index (κ2) is 26.0. The van der Waals surface area contributed by atoms with E-state index in [-0.39, 0.29) is 0 Å². The van der Waals surface area contributed by atoms with Crippen molar-refractivity contribution in [2.45, 2.75) is 142 Å². The molecule has 0 amide bonds. The Labute approximate surface area is 199 Å². The quantitative estimate of drug-likeness (QED) is 0.0940. The van der Waals surface area contributed by atoms with Crippen LogP contribution in [0.5, 0.6) is 0 Å². The van der Waals surface area contributed by atoms with Crippen molar-refractivity contribution >= 4 is 21.8 Å². The predicted molar refractivity (Wildman–Crippen MR) is 150 cm³/mol. The third kappa shape index (κ3) is 25.0. The van der Waals surface area contributed by atoms with Gasteiger partial charge >= 0.3 is 0 Å². The molecule has 0 radical (unpaired) electrons. The van der Waals surface area contributed by atoms with Crippen LogP contribution >= 0.6 is 0 Å². The van der Waals surface area contributed by atoms with Gasteiger partial charge in [-0.2, -0.15) is 0 Å². The predicted octanol–water partition coefficient (Wildman–Crippen LogP) is 9.32. The molecule has 0 rings (SSSR count). The molecule has 0 N–H and O–H groups in total. The molecule has 0 aliphatic carbocycles. The summed E-state index contributed by atoms with van der Waals surface area (Å²) in [5.74, 6) is 6.03. The zero-order chi connectivity index (χ0) is 22.1. The Morgan fingerprint density at radius 1 is 0.300 bits per heavy atom. The molecule has 182 valence electrons. The van der Waals surface area contributed by atoms with Gasteiger partial charge in [0, 0.05) is 0 Å². The summed E-state index contributed by atoms with van der Waals surface area (Å²) in [6.45, 7) is 4.61. The standard InChI is InChI=1S/C28H60S2/c1-5-7-9-11-13-15-17-19-21-23-25-29(3)27-28-30(4)26-24-22-20-18-16-14-12-10-8-6-2/h5-28H2,1-4H3/q+2. The lowest BCUT2D eigenvalue weighted by Gasteiger charge is -2.06. The zero-order valence-electron chi connectivity index (χ0n) is 21.8. The first-order valence-electron chi connectivity index (χ1n) is 13.9. The number of rotatable bonds is 25. The van der Waals surface area contributed by atoms with Crippen molar-refractivity contribution in [3.05, 3.63) is 0 Å². The molecule has 0 saturated carbocycles. The maximum Gasteiger partial charge on any atom is 0.152 e. The minimum absolute atomic E-state index is 0.688. The third-order valence-corrected chi connectivity index (χ3v) is 10.5. The lowest BCUT2D eigenvalue weighted by Crippen LogP contribution is -2.20.